The summed E-state index contributed by atoms with van der Waals surface area (Å²) in [6.07, 6.45) is 0. The predicted molar refractivity (Wildman–Crippen MR) is 149 cm³/mol. The number of para-hydroxylation sites is 1. The van der Waals surface area contributed by atoms with Gasteiger partial charge in [0, 0.05) is 11.1 Å². The Kier molecular flexibility index (Phi) is 5.83. The number of hydrogen-bond acceptors (Lipinski definition) is 4. The standard InChI is InChI=1S/C31H24N4O2/c36-29(19-32-25-17-16-21-8-1-2-10-23(21)18-25)33-34-30-27-14-5-6-15-28(27)35(31(30)37)20-24-12-7-11-22-9-3-4-13-26(22)24/h1-18,32,37H,19-20H2. The molecule has 6 aromatic rings. The summed E-state index contributed by atoms with van der Waals surface area (Å²) in [6.45, 7) is 0.456. The Morgan fingerprint density at radius 2 is 1.46 bits per heavy atom. The number of nitrogens with zero attached hydrogens (tertiary/aromatic N) is 3. The van der Waals surface area contributed by atoms with Crippen molar-refractivity contribution in [2.45, 2.75) is 6.54 Å². The molecule has 1 heterocycles. The van der Waals surface area contributed by atoms with Crippen molar-refractivity contribution in [3.63, 3.8) is 0 Å². The number of hydrogen-bond donors (Lipinski definition) is 2. The van der Waals surface area contributed by atoms with Crippen molar-refractivity contribution < 1.29 is 9.90 Å². The van der Waals surface area contributed by atoms with E-state index in [-0.39, 0.29) is 18.1 Å². The number of rotatable bonds is 6. The van der Waals surface area contributed by atoms with Crippen LogP contribution in [0.25, 0.3) is 32.4 Å². The summed E-state index contributed by atoms with van der Waals surface area (Å²) in [5.74, 6) is -0.452. The van der Waals surface area contributed by atoms with Gasteiger partial charge in [-0.1, -0.05) is 91.0 Å². The Morgan fingerprint density at radius 1 is 0.757 bits per heavy atom. The van der Waals surface area contributed by atoms with Gasteiger partial charge in [0.05, 0.1) is 18.6 Å². The first-order valence-electron chi connectivity index (χ1n) is 12.1. The quantitative estimate of drug-likeness (QED) is 0.241. The molecular formula is C31H24N4O2. The van der Waals surface area contributed by atoms with Crippen LogP contribution in [0.4, 0.5) is 11.4 Å². The summed E-state index contributed by atoms with van der Waals surface area (Å²) >= 11 is 0. The topological polar surface area (TPSA) is 79.0 Å². The van der Waals surface area contributed by atoms with E-state index in [1.165, 1.54) is 0 Å². The number of aromatic nitrogens is 1. The Bertz CT molecular complexity index is 1800. The van der Waals surface area contributed by atoms with Gasteiger partial charge in [0.25, 0.3) is 5.91 Å². The summed E-state index contributed by atoms with van der Waals surface area (Å²) in [4.78, 5) is 12.5. The fourth-order valence-electron chi connectivity index (χ4n) is 4.75. The van der Waals surface area contributed by atoms with Gasteiger partial charge in [-0.3, -0.25) is 4.79 Å². The van der Waals surface area contributed by atoms with E-state index in [2.05, 4.69) is 39.8 Å². The van der Waals surface area contributed by atoms with Gasteiger partial charge >= 0.3 is 0 Å². The number of carbonyl (C=O) groups excluding carboxylic acids is 1. The molecule has 0 unspecified atom stereocenters. The number of fused-ring (bicyclic) bond motifs is 3. The zero-order valence-electron chi connectivity index (χ0n) is 20.0. The first kappa shape index (κ1) is 22.5. The van der Waals surface area contributed by atoms with E-state index in [4.69, 9.17) is 0 Å². The minimum atomic E-state index is -0.432. The lowest BCUT2D eigenvalue weighted by molar-refractivity contribution is -0.116. The number of aromatic hydroxyl groups is 1. The number of anilines is 1. The van der Waals surface area contributed by atoms with Crippen molar-refractivity contribution in [3.05, 3.63) is 115 Å². The van der Waals surface area contributed by atoms with E-state index < -0.39 is 5.91 Å². The highest BCUT2D eigenvalue weighted by atomic mass is 16.3. The maximum atomic E-state index is 12.5. The molecule has 0 aliphatic carbocycles. The van der Waals surface area contributed by atoms with E-state index in [0.717, 1.165) is 43.7 Å². The van der Waals surface area contributed by atoms with Crippen LogP contribution >= 0.6 is 0 Å². The zero-order valence-corrected chi connectivity index (χ0v) is 20.0. The minimum absolute atomic E-state index is 0.00273. The van der Waals surface area contributed by atoms with Gasteiger partial charge in [0.1, 0.15) is 0 Å². The lowest BCUT2D eigenvalue weighted by atomic mass is 10.0. The van der Waals surface area contributed by atoms with Crippen molar-refractivity contribution in [1.82, 2.24) is 4.57 Å². The van der Waals surface area contributed by atoms with Crippen LogP contribution < -0.4 is 5.32 Å². The van der Waals surface area contributed by atoms with Gasteiger partial charge in [-0.05, 0) is 45.3 Å². The highest BCUT2D eigenvalue weighted by Crippen LogP contribution is 2.39. The molecule has 6 nitrogen and oxygen atoms in total. The second kappa shape index (κ2) is 9.59. The predicted octanol–water partition coefficient (Wildman–Crippen LogP) is 7.42. The summed E-state index contributed by atoms with van der Waals surface area (Å²) in [6, 6.07) is 35.9. The van der Waals surface area contributed by atoms with E-state index in [9.17, 15) is 9.90 Å². The molecule has 180 valence electrons. The molecule has 0 fully saturated rings. The number of nitrogens with one attached hydrogen (secondary N) is 1. The van der Waals surface area contributed by atoms with Gasteiger partial charge in [0.15, 0.2) is 5.69 Å². The molecule has 0 atom stereocenters. The van der Waals surface area contributed by atoms with Crippen LogP contribution in [0.3, 0.4) is 0 Å². The normalized spacial score (nSPS) is 11.6. The van der Waals surface area contributed by atoms with Crippen LogP contribution in [0.15, 0.2) is 119 Å². The van der Waals surface area contributed by atoms with Crippen molar-refractivity contribution in [3.8, 4) is 5.88 Å². The smallest absolute Gasteiger partial charge is 0.283 e. The monoisotopic (exact) mass is 484 g/mol. The summed E-state index contributed by atoms with van der Waals surface area (Å²) in [7, 11) is 0. The molecular weight excluding hydrogens is 460 g/mol. The Hall–Kier alpha value is -4.97. The van der Waals surface area contributed by atoms with Crippen molar-refractivity contribution in [1.29, 1.82) is 0 Å². The van der Waals surface area contributed by atoms with Gasteiger partial charge in [-0.2, -0.15) is 0 Å². The lowest BCUT2D eigenvalue weighted by Gasteiger charge is -2.10. The average molecular weight is 485 g/mol. The van der Waals surface area contributed by atoms with E-state index in [1.807, 2.05) is 89.5 Å². The van der Waals surface area contributed by atoms with Crippen LogP contribution in [-0.2, 0) is 11.3 Å². The second-order valence-corrected chi connectivity index (χ2v) is 8.92. The molecule has 0 spiro atoms. The maximum absolute atomic E-state index is 12.5. The van der Waals surface area contributed by atoms with Gasteiger partial charge < -0.3 is 15.0 Å². The molecule has 37 heavy (non-hydrogen) atoms. The maximum Gasteiger partial charge on any atom is 0.283 e. The van der Waals surface area contributed by atoms with Gasteiger partial charge in [-0.15, -0.1) is 10.2 Å². The highest BCUT2D eigenvalue weighted by Gasteiger charge is 2.17. The molecule has 0 aliphatic rings. The van der Waals surface area contributed by atoms with E-state index >= 15 is 0 Å². The van der Waals surface area contributed by atoms with Crippen LogP contribution in [0.2, 0.25) is 0 Å². The largest absolute Gasteiger partial charge is 0.493 e. The summed E-state index contributed by atoms with van der Waals surface area (Å²) in [5, 5.41) is 27.6. The number of amides is 1. The lowest BCUT2D eigenvalue weighted by Crippen LogP contribution is -2.10. The molecule has 5 aromatic carbocycles. The number of benzene rings is 5. The molecule has 1 amide bonds. The molecule has 1 aromatic heterocycles. The average Bonchev–Trinajstić information content (AvgIpc) is 3.21. The minimum Gasteiger partial charge on any atom is -0.493 e. The van der Waals surface area contributed by atoms with Crippen molar-refractivity contribution >= 4 is 49.7 Å². The first-order chi connectivity index (χ1) is 18.2. The van der Waals surface area contributed by atoms with Crippen LogP contribution in [-0.4, -0.2) is 22.1 Å². The number of carbonyl (C=O) groups is 1. The molecule has 0 radical (unpaired) electrons. The van der Waals surface area contributed by atoms with Crippen LogP contribution in [0, 0.1) is 0 Å². The third kappa shape index (κ3) is 4.41. The molecule has 0 saturated heterocycles. The van der Waals surface area contributed by atoms with Gasteiger partial charge in [-0.25, -0.2) is 0 Å². The first-order valence-corrected chi connectivity index (χ1v) is 12.1. The fraction of sp³-hybridized carbons (Fsp3) is 0.0645. The van der Waals surface area contributed by atoms with E-state index in [1.54, 1.807) is 0 Å². The van der Waals surface area contributed by atoms with E-state index in [0.29, 0.717) is 6.54 Å². The molecule has 0 saturated carbocycles. The molecule has 6 heteroatoms. The third-order valence-corrected chi connectivity index (χ3v) is 6.58. The molecule has 0 aliphatic heterocycles. The Morgan fingerprint density at radius 3 is 2.32 bits per heavy atom. The SMILES string of the molecule is O=C(CNc1ccc2ccccc2c1)N=Nc1c(O)n(Cc2cccc3ccccc23)c2ccccc12. The zero-order chi connectivity index (χ0) is 25.2. The second-order valence-electron chi connectivity index (χ2n) is 8.92. The van der Waals surface area contributed by atoms with Crippen LogP contribution in [0.1, 0.15) is 5.56 Å². The Balaban J connectivity index is 1.25. The third-order valence-electron chi connectivity index (χ3n) is 6.58. The van der Waals surface area contributed by atoms with Gasteiger partial charge in [0.2, 0.25) is 5.88 Å². The fourth-order valence-corrected chi connectivity index (χ4v) is 4.75. The molecule has 0 bridgehead atoms. The number of azo groups is 1. The van der Waals surface area contributed by atoms with Crippen LogP contribution in [0.5, 0.6) is 5.88 Å². The molecule has 2 N–H and O–H groups in total. The highest BCUT2D eigenvalue weighted by molar-refractivity contribution is 5.96. The van der Waals surface area contributed by atoms with Crippen molar-refractivity contribution in [2.24, 2.45) is 10.2 Å². The Labute approximate surface area is 213 Å². The summed E-state index contributed by atoms with van der Waals surface area (Å²) in [5.41, 5.74) is 3.02. The summed E-state index contributed by atoms with van der Waals surface area (Å²) < 4.78 is 1.81. The molecule has 6 rings (SSSR count). The van der Waals surface area contributed by atoms with Crippen molar-refractivity contribution in [2.75, 3.05) is 11.9 Å².